The van der Waals surface area contributed by atoms with E-state index in [4.69, 9.17) is 23.2 Å². The van der Waals surface area contributed by atoms with E-state index in [-0.39, 0.29) is 11.5 Å². The van der Waals surface area contributed by atoms with Crippen LogP contribution in [0.25, 0.3) is 0 Å². The van der Waals surface area contributed by atoms with Crippen molar-refractivity contribution >= 4 is 34.6 Å². The fraction of sp³-hybridized carbons (Fsp3) is 0. The second-order valence-corrected chi connectivity index (χ2v) is 7.83. The molecule has 0 atom stereocenters. The summed E-state index contributed by atoms with van der Waals surface area (Å²) in [5.74, 6) is 0.0538. The Morgan fingerprint density at radius 1 is 0.531 bits per heavy atom. The number of hydrogen-bond acceptors (Lipinski definition) is 4. The van der Waals surface area contributed by atoms with Crippen molar-refractivity contribution in [2.24, 2.45) is 10.2 Å². The lowest BCUT2D eigenvalue weighted by atomic mass is 10.0. The number of phenolic OH excluding ortho intramolecular Hbond substituents is 2. The maximum atomic E-state index is 10.5. The Morgan fingerprint density at radius 3 is 1.28 bits per heavy atom. The molecular weight excluding hydrogens is 443 g/mol. The highest BCUT2D eigenvalue weighted by Gasteiger charge is 2.15. The quantitative estimate of drug-likeness (QED) is 0.257. The van der Waals surface area contributed by atoms with Gasteiger partial charge in [-0.1, -0.05) is 83.9 Å². The lowest BCUT2D eigenvalue weighted by Crippen LogP contribution is -2.07. The van der Waals surface area contributed by atoms with Gasteiger partial charge in [-0.05, 0) is 36.4 Å². The number of halogens is 2. The third-order valence-electron chi connectivity index (χ3n) is 4.77. The van der Waals surface area contributed by atoms with Crippen LogP contribution in [-0.2, 0) is 0 Å². The predicted octanol–water partition coefficient (Wildman–Crippen LogP) is 6.69. The molecule has 4 aromatic carbocycles. The van der Waals surface area contributed by atoms with E-state index in [0.29, 0.717) is 32.6 Å². The molecule has 0 saturated carbocycles. The smallest absolute Gasteiger partial charge is 0.125 e. The molecule has 0 radical (unpaired) electrons. The van der Waals surface area contributed by atoms with Crippen LogP contribution < -0.4 is 0 Å². The van der Waals surface area contributed by atoms with E-state index < -0.39 is 0 Å². The van der Waals surface area contributed by atoms with E-state index in [1.165, 1.54) is 12.1 Å². The fourth-order valence-corrected chi connectivity index (χ4v) is 3.57. The normalized spacial score (nSPS) is 12.1. The van der Waals surface area contributed by atoms with Crippen molar-refractivity contribution in [3.05, 3.63) is 129 Å². The van der Waals surface area contributed by atoms with Crippen LogP contribution in [0.2, 0.25) is 10.0 Å². The predicted molar refractivity (Wildman–Crippen MR) is 130 cm³/mol. The molecule has 4 aromatic rings. The molecule has 0 aliphatic rings. The van der Waals surface area contributed by atoms with Gasteiger partial charge in [0.15, 0.2) is 0 Å². The first-order chi connectivity index (χ1) is 15.5. The van der Waals surface area contributed by atoms with Gasteiger partial charge in [0.05, 0.1) is 0 Å². The number of rotatable bonds is 5. The largest absolute Gasteiger partial charge is 0.507 e. The summed E-state index contributed by atoms with van der Waals surface area (Å²) in [6.07, 6.45) is 0. The average Bonchev–Trinajstić information content (AvgIpc) is 2.82. The van der Waals surface area contributed by atoms with Crippen molar-refractivity contribution in [2.75, 3.05) is 0 Å². The number of hydrogen-bond donors (Lipinski definition) is 2. The standard InChI is InChI=1S/C26H18Cl2N2O2/c27-19-11-13-23(31)21(15-19)25(17-7-3-1-4-8-17)29-30-26(18-9-5-2-6-10-18)22-16-20(28)12-14-24(22)32/h1-16,31-32H/b29-25+,30-26+. The molecule has 0 fully saturated rings. The summed E-state index contributed by atoms with van der Waals surface area (Å²) in [6.45, 7) is 0. The third-order valence-corrected chi connectivity index (χ3v) is 5.24. The minimum atomic E-state index is 0.0269. The fourth-order valence-electron chi connectivity index (χ4n) is 3.22. The first-order valence-electron chi connectivity index (χ1n) is 9.77. The Bertz CT molecular complexity index is 1200. The molecule has 4 rings (SSSR count). The van der Waals surface area contributed by atoms with Crippen molar-refractivity contribution in [2.45, 2.75) is 0 Å². The van der Waals surface area contributed by atoms with Gasteiger partial charge in [0.25, 0.3) is 0 Å². The van der Waals surface area contributed by atoms with Crippen LogP contribution in [0, 0.1) is 0 Å². The van der Waals surface area contributed by atoms with Gasteiger partial charge in [0.2, 0.25) is 0 Å². The molecule has 0 saturated heterocycles. The van der Waals surface area contributed by atoms with Crippen molar-refractivity contribution < 1.29 is 10.2 Å². The highest BCUT2D eigenvalue weighted by molar-refractivity contribution is 6.32. The van der Waals surface area contributed by atoms with E-state index in [1.54, 1.807) is 24.3 Å². The van der Waals surface area contributed by atoms with Crippen molar-refractivity contribution in [1.29, 1.82) is 0 Å². The lowest BCUT2D eigenvalue weighted by molar-refractivity contribution is 0.473. The van der Waals surface area contributed by atoms with Crippen LogP contribution in [0.1, 0.15) is 22.3 Å². The summed E-state index contributed by atoms with van der Waals surface area (Å²) in [5.41, 5.74) is 3.24. The zero-order valence-corrected chi connectivity index (χ0v) is 18.3. The summed E-state index contributed by atoms with van der Waals surface area (Å²) in [5, 5.41) is 31.0. The van der Waals surface area contributed by atoms with Crippen molar-refractivity contribution in [1.82, 2.24) is 0 Å². The average molecular weight is 461 g/mol. The van der Waals surface area contributed by atoms with E-state index in [9.17, 15) is 10.2 Å². The van der Waals surface area contributed by atoms with Gasteiger partial charge in [-0.3, -0.25) is 0 Å². The number of phenols is 2. The van der Waals surface area contributed by atoms with Crippen LogP contribution >= 0.6 is 23.2 Å². The molecule has 2 N–H and O–H groups in total. The second kappa shape index (κ2) is 9.69. The highest BCUT2D eigenvalue weighted by atomic mass is 35.5. The lowest BCUT2D eigenvalue weighted by Gasteiger charge is -2.11. The zero-order chi connectivity index (χ0) is 22.5. The topological polar surface area (TPSA) is 65.2 Å². The van der Waals surface area contributed by atoms with Gasteiger partial charge in [-0.2, -0.15) is 0 Å². The van der Waals surface area contributed by atoms with Gasteiger partial charge in [0.1, 0.15) is 22.9 Å². The van der Waals surface area contributed by atoms with Gasteiger partial charge >= 0.3 is 0 Å². The van der Waals surface area contributed by atoms with Crippen LogP contribution in [0.15, 0.2) is 107 Å². The van der Waals surface area contributed by atoms with E-state index in [2.05, 4.69) is 10.2 Å². The van der Waals surface area contributed by atoms with Crippen LogP contribution in [0.4, 0.5) is 0 Å². The monoisotopic (exact) mass is 460 g/mol. The van der Waals surface area contributed by atoms with E-state index in [0.717, 1.165) is 11.1 Å². The Labute approximate surface area is 195 Å². The molecule has 0 heterocycles. The van der Waals surface area contributed by atoms with E-state index in [1.807, 2.05) is 60.7 Å². The maximum absolute atomic E-state index is 10.5. The van der Waals surface area contributed by atoms with Gasteiger partial charge < -0.3 is 10.2 Å². The molecular formula is C26H18Cl2N2O2. The summed E-state index contributed by atoms with van der Waals surface area (Å²) >= 11 is 12.4. The molecule has 158 valence electrons. The Hall–Kier alpha value is -3.60. The molecule has 0 aliphatic carbocycles. The maximum Gasteiger partial charge on any atom is 0.125 e. The molecule has 0 unspecified atom stereocenters. The number of aromatic hydroxyl groups is 2. The minimum absolute atomic E-state index is 0.0269. The van der Waals surface area contributed by atoms with E-state index >= 15 is 0 Å². The molecule has 32 heavy (non-hydrogen) atoms. The van der Waals surface area contributed by atoms with Crippen LogP contribution in [-0.4, -0.2) is 21.6 Å². The molecule has 0 amide bonds. The number of nitrogens with zero attached hydrogens (tertiary/aromatic N) is 2. The number of benzene rings is 4. The molecule has 4 nitrogen and oxygen atoms in total. The summed E-state index contributed by atoms with van der Waals surface area (Å²) < 4.78 is 0. The molecule has 6 heteroatoms. The van der Waals surface area contributed by atoms with Gasteiger partial charge in [-0.15, -0.1) is 10.2 Å². The van der Waals surface area contributed by atoms with Crippen molar-refractivity contribution in [3.63, 3.8) is 0 Å². The van der Waals surface area contributed by atoms with Gasteiger partial charge in [-0.25, -0.2) is 0 Å². The molecule has 0 aliphatic heterocycles. The van der Waals surface area contributed by atoms with Crippen molar-refractivity contribution in [3.8, 4) is 11.5 Å². The Balaban J connectivity index is 1.96. The molecule has 0 aromatic heterocycles. The van der Waals surface area contributed by atoms with Gasteiger partial charge in [0, 0.05) is 32.3 Å². The molecule has 0 spiro atoms. The first kappa shape index (κ1) is 21.6. The third kappa shape index (κ3) is 4.83. The SMILES string of the molecule is Oc1ccc(Cl)cc1/C(=N/N=C(\c1ccccc1)c1cc(Cl)ccc1O)c1ccccc1. The summed E-state index contributed by atoms with van der Waals surface area (Å²) in [6, 6.07) is 28.3. The molecule has 0 bridgehead atoms. The minimum Gasteiger partial charge on any atom is -0.507 e. The second-order valence-electron chi connectivity index (χ2n) is 6.95. The summed E-state index contributed by atoms with van der Waals surface area (Å²) in [7, 11) is 0. The van der Waals surface area contributed by atoms with Crippen LogP contribution in [0.3, 0.4) is 0 Å². The zero-order valence-electron chi connectivity index (χ0n) is 16.8. The Morgan fingerprint density at radius 2 is 0.906 bits per heavy atom. The summed E-state index contributed by atoms with van der Waals surface area (Å²) in [4.78, 5) is 0. The highest BCUT2D eigenvalue weighted by Crippen LogP contribution is 2.27. The first-order valence-corrected chi connectivity index (χ1v) is 10.5. The Kier molecular flexibility index (Phi) is 6.55. The van der Waals surface area contributed by atoms with Crippen LogP contribution in [0.5, 0.6) is 11.5 Å².